The summed E-state index contributed by atoms with van der Waals surface area (Å²) in [5.74, 6) is -0.245. The lowest BCUT2D eigenvalue weighted by Crippen LogP contribution is -2.36. The number of hydrogen-bond donors (Lipinski definition) is 2. The van der Waals surface area contributed by atoms with Crippen LogP contribution in [-0.4, -0.2) is 17.9 Å². The molecule has 0 spiro atoms. The monoisotopic (exact) mass is 342 g/mol. The molecule has 3 rings (SSSR count). The molecule has 0 saturated heterocycles. The highest BCUT2D eigenvalue weighted by Gasteiger charge is 2.48. The summed E-state index contributed by atoms with van der Waals surface area (Å²) in [7, 11) is 0. The van der Waals surface area contributed by atoms with Crippen molar-refractivity contribution >= 4 is 17.5 Å². The smallest absolute Gasteiger partial charge is 0.228 e. The van der Waals surface area contributed by atoms with E-state index >= 15 is 0 Å². The van der Waals surface area contributed by atoms with Crippen LogP contribution in [0, 0.1) is 18.8 Å². The number of carbonyl (C=O) groups excluding carboxylic acids is 2. The second kappa shape index (κ2) is 8.03. The third kappa shape index (κ3) is 4.42. The van der Waals surface area contributed by atoms with Gasteiger partial charge in [-0.2, -0.15) is 0 Å². The molecule has 2 saturated carbocycles. The van der Waals surface area contributed by atoms with Gasteiger partial charge in [0.2, 0.25) is 11.8 Å². The molecule has 2 aliphatic rings. The van der Waals surface area contributed by atoms with Crippen LogP contribution in [0.5, 0.6) is 0 Å². The Bertz CT molecular complexity index is 633. The quantitative estimate of drug-likeness (QED) is 0.796. The Morgan fingerprint density at radius 3 is 2.40 bits per heavy atom. The minimum absolute atomic E-state index is 0.00924. The van der Waals surface area contributed by atoms with Crippen molar-refractivity contribution in [3.63, 3.8) is 0 Å². The highest BCUT2D eigenvalue weighted by molar-refractivity contribution is 6.00. The van der Waals surface area contributed by atoms with Crippen molar-refractivity contribution in [2.75, 3.05) is 5.32 Å². The Morgan fingerprint density at radius 2 is 1.72 bits per heavy atom. The summed E-state index contributed by atoms with van der Waals surface area (Å²) in [4.78, 5) is 25.0. The molecule has 2 N–H and O–H groups in total. The maximum absolute atomic E-state index is 12.6. The minimum atomic E-state index is -0.171. The van der Waals surface area contributed by atoms with Crippen LogP contribution >= 0.6 is 0 Å². The van der Waals surface area contributed by atoms with Gasteiger partial charge >= 0.3 is 0 Å². The first kappa shape index (κ1) is 18.0. The normalized spacial score (nSPS) is 23.6. The van der Waals surface area contributed by atoms with Crippen molar-refractivity contribution in [3.05, 3.63) is 29.3 Å². The molecule has 25 heavy (non-hydrogen) atoms. The molecule has 0 heterocycles. The number of anilines is 1. The van der Waals surface area contributed by atoms with Crippen molar-refractivity contribution in [3.8, 4) is 0 Å². The SMILES string of the molecule is CCc1cccc(C)c1NC(=O)C1CC1C(=O)NC1CCCCCC1. The Kier molecular flexibility index (Phi) is 5.77. The highest BCUT2D eigenvalue weighted by Crippen LogP contribution is 2.40. The zero-order valence-electron chi connectivity index (χ0n) is 15.4. The zero-order valence-corrected chi connectivity index (χ0v) is 15.4. The fourth-order valence-electron chi connectivity index (χ4n) is 3.92. The van der Waals surface area contributed by atoms with Gasteiger partial charge in [-0.1, -0.05) is 50.8 Å². The summed E-state index contributed by atoms with van der Waals surface area (Å²) in [6.07, 6.45) is 8.68. The van der Waals surface area contributed by atoms with Crippen LogP contribution in [0.2, 0.25) is 0 Å². The molecular weight excluding hydrogens is 312 g/mol. The Labute approximate surface area is 150 Å². The van der Waals surface area contributed by atoms with Gasteiger partial charge in [0.05, 0.1) is 11.8 Å². The predicted octanol–water partition coefficient (Wildman–Crippen LogP) is 3.97. The lowest BCUT2D eigenvalue weighted by molar-refractivity contribution is -0.125. The van der Waals surface area contributed by atoms with Crippen LogP contribution in [-0.2, 0) is 16.0 Å². The number of benzene rings is 1. The van der Waals surface area contributed by atoms with Gasteiger partial charge in [0.1, 0.15) is 0 Å². The van der Waals surface area contributed by atoms with E-state index in [1.807, 2.05) is 25.1 Å². The maximum atomic E-state index is 12.6. The fraction of sp³-hybridized carbons (Fsp3) is 0.619. The first-order valence-electron chi connectivity index (χ1n) is 9.80. The van der Waals surface area contributed by atoms with E-state index in [4.69, 9.17) is 0 Å². The van der Waals surface area contributed by atoms with Crippen molar-refractivity contribution in [1.82, 2.24) is 5.32 Å². The van der Waals surface area contributed by atoms with Gasteiger partial charge in [0.15, 0.2) is 0 Å². The standard InChI is InChI=1S/C21H30N2O2/c1-3-15-10-8-9-14(2)19(15)23-21(25)18-13-17(18)20(24)22-16-11-6-4-5-7-12-16/h8-10,16-18H,3-7,11-13H2,1-2H3,(H,22,24)(H,23,25). The number of hydrogen-bond acceptors (Lipinski definition) is 2. The lowest BCUT2D eigenvalue weighted by atomic mass is 10.1. The van der Waals surface area contributed by atoms with Crippen LogP contribution in [0.1, 0.15) is 63.0 Å². The number of carbonyl (C=O) groups is 2. The highest BCUT2D eigenvalue weighted by atomic mass is 16.2. The van der Waals surface area contributed by atoms with E-state index in [1.165, 1.54) is 25.7 Å². The van der Waals surface area contributed by atoms with E-state index in [0.717, 1.165) is 36.1 Å². The summed E-state index contributed by atoms with van der Waals surface area (Å²) in [6.45, 7) is 4.10. The molecule has 0 aromatic heterocycles. The molecule has 0 radical (unpaired) electrons. The number of nitrogens with one attached hydrogen (secondary N) is 2. The topological polar surface area (TPSA) is 58.2 Å². The molecule has 0 bridgehead atoms. The fourth-order valence-corrected chi connectivity index (χ4v) is 3.92. The molecule has 2 unspecified atom stereocenters. The number of amides is 2. The lowest BCUT2D eigenvalue weighted by Gasteiger charge is -2.16. The second-order valence-corrected chi connectivity index (χ2v) is 7.60. The molecule has 0 aliphatic heterocycles. The van der Waals surface area contributed by atoms with E-state index in [-0.39, 0.29) is 23.7 Å². The molecule has 1 aromatic carbocycles. The molecule has 2 aliphatic carbocycles. The van der Waals surface area contributed by atoms with E-state index in [0.29, 0.717) is 12.5 Å². The van der Waals surface area contributed by atoms with Gasteiger partial charge in [0.25, 0.3) is 0 Å². The molecule has 1 aromatic rings. The first-order chi connectivity index (χ1) is 12.1. The van der Waals surface area contributed by atoms with Crippen LogP contribution in [0.15, 0.2) is 18.2 Å². The van der Waals surface area contributed by atoms with Gasteiger partial charge < -0.3 is 10.6 Å². The maximum Gasteiger partial charge on any atom is 0.228 e. The third-order valence-electron chi connectivity index (χ3n) is 5.65. The molecule has 4 heteroatoms. The summed E-state index contributed by atoms with van der Waals surface area (Å²) in [6, 6.07) is 6.38. The largest absolute Gasteiger partial charge is 0.353 e. The van der Waals surface area contributed by atoms with Crippen molar-refractivity contribution in [2.24, 2.45) is 11.8 Å². The molecule has 136 valence electrons. The number of aryl methyl sites for hydroxylation is 2. The Morgan fingerprint density at radius 1 is 1.04 bits per heavy atom. The Hall–Kier alpha value is -1.84. The van der Waals surface area contributed by atoms with E-state index in [9.17, 15) is 9.59 Å². The van der Waals surface area contributed by atoms with E-state index in [1.54, 1.807) is 0 Å². The van der Waals surface area contributed by atoms with Crippen LogP contribution in [0.25, 0.3) is 0 Å². The molecule has 4 nitrogen and oxygen atoms in total. The summed E-state index contributed by atoms with van der Waals surface area (Å²) < 4.78 is 0. The zero-order chi connectivity index (χ0) is 17.8. The summed E-state index contributed by atoms with van der Waals surface area (Å²) in [5, 5.41) is 6.26. The van der Waals surface area contributed by atoms with Crippen LogP contribution in [0.4, 0.5) is 5.69 Å². The van der Waals surface area contributed by atoms with Gasteiger partial charge in [-0.25, -0.2) is 0 Å². The molecule has 2 amide bonds. The second-order valence-electron chi connectivity index (χ2n) is 7.60. The van der Waals surface area contributed by atoms with Crippen molar-refractivity contribution < 1.29 is 9.59 Å². The Balaban J connectivity index is 1.54. The molecule has 2 atom stereocenters. The first-order valence-corrected chi connectivity index (χ1v) is 9.80. The number of rotatable bonds is 5. The predicted molar refractivity (Wildman–Crippen MR) is 100 cm³/mol. The van der Waals surface area contributed by atoms with Gasteiger partial charge in [-0.05, 0) is 43.7 Å². The van der Waals surface area contributed by atoms with Crippen molar-refractivity contribution in [2.45, 2.75) is 71.3 Å². The minimum Gasteiger partial charge on any atom is -0.353 e. The van der Waals surface area contributed by atoms with E-state index in [2.05, 4.69) is 17.6 Å². The van der Waals surface area contributed by atoms with Gasteiger partial charge in [-0.3, -0.25) is 9.59 Å². The summed E-state index contributed by atoms with van der Waals surface area (Å²) >= 11 is 0. The van der Waals surface area contributed by atoms with Crippen molar-refractivity contribution in [1.29, 1.82) is 0 Å². The van der Waals surface area contributed by atoms with Crippen LogP contribution < -0.4 is 10.6 Å². The molecular formula is C21H30N2O2. The van der Waals surface area contributed by atoms with E-state index < -0.39 is 0 Å². The van der Waals surface area contributed by atoms with Gasteiger partial charge in [-0.15, -0.1) is 0 Å². The third-order valence-corrected chi connectivity index (χ3v) is 5.65. The molecule has 2 fully saturated rings. The average Bonchev–Trinajstić information content (AvgIpc) is 3.41. The average molecular weight is 342 g/mol. The number of para-hydroxylation sites is 1. The van der Waals surface area contributed by atoms with Crippen LogP contribution in [0.3, 0.4) is 0 Å². The summed E-state index contributed by atoms with van der Waals surface area (Å²) in [5.41, 5.74) is 3.14. The van der Waals surface area contributed by atoms with Gasteiger partial charge in [0, 0.05) is 11.7 Å².